The maximum absolute atomic E-state index is 13.3. The molecule has 162 valence electrons. The number of sulfone groups is 1. The van der Waals surface area contributed by atoms with Gasteiger partial charge in [-0.15, -0.1) is 0 Å². The first-order valence-corrected chi connectivity index (χ1v) is 12.2. The number of benzene rings is 2. The Balaban J connectivity index is 1.82. The van der Waals surface area contributed by atoms with Gasteiger partial charge >= 0.3 is 0 Å². The highest BCUT2D eigenvalue weighted by Gasteiger charge is 2.24. The highest BCUT2D eigenvalue weighted by molar-refractivity contribution is 7.89. The molecule has 1 atom stereocenters. The van der Waals surface area contributed by atoms with Crippen LogP contribution in [0, 0.1) is 0 Å². The summed E-state index contributed by atoms with van der Waals surface area (Å²) < 4.78 is 29.1. The number of anilines is 1. The number of hydrogen-bond donors (Lipinski definition) is 0. The number of hydrogen-bond acceptors (Lipinski definition) is 5. The summed E-state index contributed by atoms with van der Waals surface area (Å²) in [5, 5.41) is 0. The quantitative estimate of drug-likeness (QED) is 0.644. The lowest BCUT2D eigenvalue weighted by Crippen LogP contribution is -2.37. The molecule has 1 aliphatic heterocycles. The van der Waals surface area contributed by atoms with Crippen molar-refractivity contribution in [2.45, 2.75) is 31.2 Å². The van der Waals surface area contributed by atoms with Crippen LogP contribution in [0.4, 0.5) is 5.69 Å². The van der Waals surface area contributed by atoms with Crippen LogP contribution in [0.15, 0.2) is 48.5 Å². The fourth-order valence-electron chi connectivity index (χ4n) is 3.65. The van der Waals surface area contributed by atoms with E-state index in [1.165, 1.54) is 6.26 Å². The molecule has 1 heterocycles. The molecule has 0 aromatic heterocycles. The minimum Gasteiger partial charge on any atom is -0.378 e. The molecule has 6 nitrogen and oxygen atoms in total. The van der Waals surface area contributed by atoms with E-state index in [4.69, 9.17) is 4.74 Å². The molecule has 0 radical (unpaired) electrons. The van der Waals surface area contributed by atoms with Crippen molar-refractivity contribution in [1.82, 2.24) is 4.90 Å². The molecule has 3 rings (SSSR count). The molecular weight excluding hydrogens is 400 g/mol. The van der Waals surface area contributed by atoms with Gasteiger partial charge in [-0.25, -0.2) is 8.42 Å². The average Bonchev–Trinajstić information content (AvgIpc) is 3.19. The summed E-state index contributed by atoms with van der Waals surface area (Å²) >= 11 is 0. The minimum absolute atomic E-state index is 0.0363. The summed E-state index contributed by atoms with van der Waals surface area (Å²) in [6.07, 6.45) is 3.18. The van der Waals surface area contributed by atoms with Crippen LogP contribution >= 0.6 is 0 Å². The van der Waals surface area contributed by atoms with E-state index in [-0.39, 0.29) is 17.8 Å². The second kappa shape index (κ2) is 9.62. The molecule has 1 aliphatic rings. The lowest BCUT2D eigenvalue weighted by molar-refractivity contribution is 0.0507. The second-order valence-corrected chi connectivity index (χ2v) is 10.3. The number of rotatable bonds is 8. The predicted octanol–water partition coefficient (Wildman–Crippen LogP) is 3.12. The topological polar surface area (TPSA) is 66.9 Å². The van der Waals surface area contributed by atoms with Gasteiger partial charge in [-0.05, 0) is 48.2 Å². The van der Waals surface area contributed by atoms with Gasteiger partial charge in [-0.3, -0.25) is 4.79 Å². The summed E-state index contributed by atoms with van der Waals surface area (Å²) in [5.74, 6) is -0.191. The van der Waals surface area contributed by atoms with E-state index in [2.05, 4.69) is 0 Å². The molecule has 1 amide bonds. The molecule has 2 aromatic rings. The van der Waals surface area contributed by atoms with Gasteiger partial charge in [0.1, 0.15) is 0 Å². The molecule has 0 aliphatic carbocycles. The van der Waals surface area contributed by atoms with Crippen LogP contribution in [0.1, 0.15) is 34.3 Å². The Morgan fingerprint density at radius 1 is 1.10 bits per heavy atom. The van der Waals surface area contributed by atoms with Gasteiger partial charge in [0, 0.05) is 51.3 Å². The summed E-state index contributed by atoms with van der Waals surface area (Å²) in [7, 11) is 0.817. The largest absolute Gasteiger partial charge is 0.378 e. The molecule has 0 bridgehead atoms. The standard InChI is InChI=1S/C23H30N2O4S/c1-24(2)21-11-9-18(10-12-21)15-25(16-22-8-5-13-29-22)23(26)20-7-4-6-19(14-20)17-30(3,27)28/h4,6-7,9-12,14,22H,5,8,13,15-17H2,1-3H3. The zero-order valence-electron chi connectivity index (χ0n) is 17.9. The first-order valence-electron chi connectivity index (χ1n) is 10.1. The third-order valence-corrected chi connectivity index (χ3v) is 6.02. The Kier molecular flexibility index (Phi) is 7.15. The van der Waals surface area contributed by atoms with Gasteiger partial charge in [0.25, 0.3) is 5.91 Å². The maximum atomic E-state index is 13.3. The smallest absolute Gasteiger partial charge is 0.254 e. The SMILES string of the molecule is CN(C)c1ccc(CN(CC2CCCO2)C(=O)c2cccc(CS(C)(=O)=O)c2)cc1. The lowest BCUT2D eigenvalue weighted by atomic mass is 10.1. The van der Waals surface area contributed by atoms with E-state index >= 15 is 0 Å². The molecule has 0 saturated carbocycles. The van der Waals surface area contributed by atoms with Crippen molar-refractivity contribution in [2.75, 3.05) is 38.4 Å². The number of carbonyl (C=O) groups is 1. The Morgan fingerprint density at radius 3 is 2.43 bits per heavy atom. The maximum Gasteiger partial charge on any atom is 0.254 e. The van der Waals surface area contributed by atoms with Crippen LogP contribution in [0.3, 0.4) is 0 Å². The number of amides is 1. The third kappa shape index (κ3) is 6.31. The van der Waals surface area contributed by atoms with Crippen molar-refractivity contribution in [1.29, 1.82) is 0 Å². The molecule has 1 saturated heterocycles. The fraction of sp³-hybridized carbons (Fsp3) is 0.435. The number of nitrogens with zero attached hydrogens (tertiary/aromatic N) is 2. The van der Waals surface area contributed by atoms with Crippen LogP contribution in [-0.2, 0) is 26.9 Å². The first kappa shape index (κ1) is 22.3. The molecule has 2 aromatic carbocycles. The highest BCUT2D eigenvalue weighted by Crippen LogP contribution is 2.20. The molecule has 30 heavy (non-hydrogen) atoms. The van der Waals surface area contributed by atoms with Crippen LogP contribution in [-0.4, -0.2) is 58.8 Å². The zero-order valence-corrected chi connectivity index (χ0v) is 18.7. The molecule has 0 spiro atoms. The van der Waals surface area contributed by atoms with Crippen molar-refractivity contribution in [3.8, 4) is 0 Å². The fourth-order valence-corrected chi connectivity index (χ4v) is 4.44. The Labute approximate surface area is 179 Å². The summed E-state index contributed by atoms with van der Waals surface area (Å²) in [4.78, 5) is 17.2. The van der Waals surface area contributed by atoms with Gasteiger partial charge < -0.3 is 14.5 Å². The van der Waals surface area contributed by atoms with E-state index in [0.29, 0.717) is 24.2 Å². The molecule has 7 heteroatoms. The molecular formula is C23H30N2O4S. The summed E-state index contributed by atoms with van der Waals surface area (Å²) in [5.41, 5.74) is 3.26. The average molecular weight is 431 g/mol. The van der Waals surface area contributed by atoms with Crippen LogP contribution in [0.5, 0.6) is 0 Å². The predicted molar refractivity (Wildman–Crippen MR) is 119 cm³/mol. The van der Waals surface area contributed by atoms with Gasteiger partial charge in [0.15, 0.2) is 9.84 Å². The van der Waals surface area contributed by atoms with Crippen molar-refractivity contribution < 1.29 is 17.9 Å². The van der Waals surface area contributed by atoms with Crippen molar-refractivity contribution in [2.24, 2.45) is 0 Å². The minimum atomic E-state index is -3.17. The van der Waals surface area contributed by atoms with Gasteiger partial charge in [-0.1, -0.05) is 24.3 Å². The second-order valence-electron chi connectivity index (χ2n) is 8.15. The lowest BCUT2D eigenvalue weighted by Gasteiger charge is -2.26. The monoisotopic (exact) mass is 430 g/mol. The summed E-state index contributed by atoms with van der Waals surface area (Å²) in [6, 6.07) is 15.0. The van der Waals surface area contributed by atoms with Gasteiger partial charge in [-0.2, -0.15) is 0 Å². The van der Waals surface area contributed by atoms with Gasteiger partial charge in [0.05, 0.1) is 11.9 Å². The molecule has 0 N–H and O–H groups in total. The number of carbonyl (C=O) groups excluding carboxylic acids is 1. The first-order chi connectivity index (χ1) is 14.2. The van der Waals surface area contributed by atoms with Crippen LogP contribution < -0.4 is 4.90 Å². The van der Waals surface area contributed by atoms with E-state index in [0.717, 1.165) is 30.7 Å². The van der Waals surface area contributed by atoms with Crippen molar-refractivity contribution >= 4 is 21.4 Å². The van der Waals surface area contributed by atoms with Crippen LogP contribution in [0.2, 0.25) is 0 Å². The van der Waals surface area contributed by atoms with E-state index in [1.54, 1.807) is 29.2 Å². The normalized spacial score (nSPS) is 16.4. The van der Waals surface area contributed by atoms with E-state index < -0.39 is 9.84 Å². The zero-order chi connectivity index (χ0) is 21.7. The number of ether oxygens (including phenoxy) is 1. The van der Waals surface area contributed by atoms with Crippen molar-refractivity contribution in [3.63, 3.8) is 0 Å². The van der Waals surface area contributed by atoms with Gasteiger partial charge in [0.2, 0.25) is 0 Å². The Hall–Kier alpha value is -2.38. The third-order valence-electron chi connectivity index (χ3n) is 5.16. The molecule has 1 fully saturated rings. The van der Waals surface area contributed by atoms with E-state index in [1.807, 2.05) is 43.3 Å². The molecule has 1 unspecified atom stereocenters. The van der Waals surface area contributed by atoms with Crippen LogP contribution in [0.25, 0.3) is 0 Å². The summed E-state index contributed by atoms with van der Waals surface area (Å²) in [6.45, 7) is 1.72. The van der Waals surface area contributed by atoms with E-state index in [9.17, 15) is 13.2 Å². The van der Waals surface area contributed by atoms with Crippen molar-refractivity contribution in [3.05, 3.63) is 65.2 Å². The highest BCUT2D eigenvalue weighted by atomic mass is 32.2. The Morgan fingerprint density at radius 2 is 1.83 bits per heavy atom. The Bertz CT molecular complexity index is 965.